The van der Waals surface area contributed by atoms with Gasteiger partial charge in [-0.05, 0) is 69.1 Å². The van der Waals surface area contributed by atoms with Crippen molar-refractivity contribution in [3.8, 4) is 11.3 Å². The Kier molecular flexibility index (Phi) is 7.94. The molecule has 204 valence electrons. The number of carbonyl (C=O) groups is 2. The van der Waals surface area contributed by atoms with Gasteiger partial charge in [-0.15, -0.1) is 0 Å². The Labute approximate surface area is 223 Å². The van der Waals surface area contributed by atoms with E-state index >= 15 is 0 Å². The Morgan fingerprint density at radius 2 is 1.87 bits per heavy atom. The number of hydrogen-bond acceptors (Lipinski definition) is 6. The predicted octanol–water partition coefficient (Wildman–Crippen LogP) is 4.60. The number of aliphatic carboxylic acids is 1. The number of aromatic nitrogens is 1. The minimum absolute atomic E-state index is 0.138. The summed E-state index contributed by atoms with van der Waals surface area (Å²) in [6, 6.07) is 9.65. The van der Waals surface area contributed by atoms with Crippen LogP contribution in [0.25, 0.3) is 22.4 Å². The first kappa shape index (κ1) is 27.8. The van der Waals surface area contributed by atoms with E-state index in [4.69, 9.17) is 4.42 Å². The Hall–Kier alpha value is -3.24. The molecule has 1 amide bonds. The van der Waals surface area contributed by atoms with Crippen LogP contribution in [0.2, 0.25) is 0 Å². The number of carbonyl (C=O) groups excluding carboxylic acids is 1. The van der Waals surface area contributed by atoms with Gasteiger partial charge in [0, 0.05) is 19.2 Å². The van der Waals surface area contributed by atoms with E-state index in [1.54, 1.807) is 20.9 Å². The van der Waals surface area contributed by atoms with Crippen molar-refractivity contribution in [3.63, 3.8) is 0 Å². The van der Waals surface area contributed by atoms with Crippen molar-refractivity contribution < 1.29 is 27.5 Å². The summed E-state index contributed by atoms with van der Waals surface area (Å²) in [5, 5.41) is 12.5. The fourth-order valence-corrected chi connectivity index (χ4v) is 5.63. The lowest BCUT2D eigenvalue weighted by Gasteiger charge is -2.18. The van der Waals surface area contributed by atoms with Crippen LogP contribution in [0.1, 0.15) is 79.6 Å². The Morgan fingerprint density at radius 3 is 2.45 bits per heavy atom. The molecular weight excluding hydrogens is 506 g/mol. The van der Waals surface area contributed by atoms with Crippen LogP contribution < -0.4 is 10.0 Å². The molecular formula is C28H35N3O6S. The summed E-state index contributed by atoms with van der Waals surface area (Å²) in [5.74, 6) is -0.952. The monoisotopic (exact) mass is 541 g/mol. The van der Waals surface area contributed by atoms with Gasteiger partial charge in [0.15, 0.2) is 0 Å². The van der Waals surface area contributed by atoms with E-state index in [1.807, 2.05) is 30.3 Å². The molecule has 2 aromatic heterocycles. The first-order valence-electron chi connectivity index (χ1n) is 12.9. The third-order valence-electron chi connectivity index (χ3n) is 7.10. The van der Waals surface area contributed by atoms with Crippen LogP contribution in [0.5, 0.6) is 0 Å². The number of sulfonamides is 1. The van der Waals surface area contributed by atoms with E-state index in [-0.39, 0.29) is 29.8 Å². The standard InChI is InChI=1S/C28H35N3O6S/c1-5-17-7-9-19(10-8-17)24-23(25(32)29-4)21-15-20(18-11-12-18)22(31-26(21)37-24)16-38(35,36)30-14-6-13-28(2,3)27(33)34/h7-10,15,18,30H,5-6,11-14,16H2,1-4H3,(H,29,32)(H,33,34). The van der Waals surface area contributed by atoms with Crippen LogP contribution in [-0.4, -0.2) is 44.0 Å². The van der Waals surface area contributed by atoms with E-state index < -0.39 is 21.4 Å². The van der Waals surface area contributed by atoms with Gasteiger partial charge in [-0.3, -0.25) is 9.59 Å². The first-order chi connectivity index (χ1) is 18.0. The Morgan fingerprint density at radius 1 is 1.18 bits per heavy atom. The molecule has 1 aliphatic carbocycles. The zero-order valence-electron chi connectivity index (χ0n) is 22.3. The summed E-state index contributed by atoms with van der Waals surface area (Å²) in [5.41, 5.74) is 2.80. The van der Waals surface area contributed by atoms with Gasteiger partial charge in [0.2, 0.25) is 15.7 Å². The largest absolute Gasteiger partial charge is 0.481 e. The molecule has 1 saturated carbocycles. The number of benzene rings is 1. The number of carboxylic acids is 1. The molecule has 0 aliphatic heterocycles. The molecule has 0 saturated heterocycles. The lowest BCUT2D eigenvalue weighted by atomic mass is 9.88. The van der Waals surface area contributed by atoms with Gasteiger partial charge in [0.05, 0.1) is 22.1 Å². The van der Waals surface area contributed by atoms with E-state index in [9.17, 15) is 23.1 Å². The fraction of sp³-hybridized carbons (Fsp3) is 0.464. The van der Waals surface area contributed by atoms with Crippen molar-refractivity contribution in [2.45, 2.75) is 64.5 Å². The van der Waals surface area contributed by atoms with Crippen molar-refractivity contribution >= 4 is 33.0 Å². The van der Waals surface area contributed by atoms with E-state index in [0.717, 1.165) is 36.0 Å². The molecule has 0 spiro atoms. The van der Waals surface area contributed by atoms with Crippen molar-refractivity contribution in [2.75, 3.05) is 13.6 Å². The molecule has 9 nitrogen and oxygen atoms in total. The number of amides is 1. The lowest BCUT2D eigenvalue weighted by molar-refractivity contribution is -0.147. The molecule has 0 atom stereocenters. The van der Waals surface area contributed by atoms with Crippen LogP contribution in [0.4, 0.5) is 0 Å². The molecule has 4 rings (SSSR count). The highest BCUT2D eigenvalue weighted by Gasteiger charge is 2.32. The van der Waals surface area contributed by atoms with Gasteiger partial charge in [0.25, 0.3) is 5.91 Å². The average Bonchev–Trinajstić information content (AvgIpc) is 3.66. The molecule has 0 radical (unpaired) electrons. The summed E-state index contributed by atoms with van der Waals surface area (Å²) in [7, 11) is -2.17. The quantitative estimate of drug-likeness (QED) is 0.285. The Balaban J connectivity index is 1.65. The average molecular weight is 542 g/mol. The molecule has 1 aromatic carbocycles. The SMILES string of the molecule is CCc1ccc(-c2oc3nc(CS(=O)(=O)NCCCC(C)(C)C(=O)O)c(C4CC4)cc3c2C(=O)NC)cc1. The minimum Gasteiger partial charge on any atom is -0.481 e. The summed E-state index contributed by atoms with van der Waals surface area (Å²) >= 11 is 0. The maximum Gasteiger partial charge on any atom is 0.309 e. The second-order valence-electron chi connectivity index (χ2n) is 10.5. The number of nitrogens with one attached hydrogen (secondary N) is 2. The molecule has 2 heterocycles. The van der Waals surface area contributed by atoms with Crippen molar-refractivity contribution in [3.05, 3.63) is 52.7 Å². The minimum atomic E-state index is -3.73. The maximum absolute atomic E-state index is 12.9. The lowest BCUT2D eigenvalue weighted by Crippen LogP contribution is -2.29. The number of hydrogen-bond donors (Lipinski definition) is 3. The summed E-state index contributed by atoms with van der Waals surface area (Å²) in [6.45, 7) is 5.44. The normalized spacial score (nSPS) is 14.1. The molecule has 10 heteroatoms. The summed E-state index contributed by atoms with van der Waals surface area (Å²) in [6.07, 6.45) is 3.48. The van der Waals surface area contributed by atoms with Crippen LogP contribution in [-0.2, 0) is 27.0 Å². The number of aryl methyl sites for hydroxylation is 1. The summed E-state index contributed by atoms with van der Waals surface area (Å²) in [4.78, 5) is 28.9. The van der Waals surface area contributed by atoms with Crippen molar-refractivity contribution in [1.29, 1.82) is 0 Å². The molecule has 3 N–H and O–H groups in total. The zero-order valence-corrected chi connectivity index (χ0v) is 23.1. The van der Waals surface area contributed by atoms with Crippen LogP contribution >= 0.6 is 0 Å². The molecule has 1 aliphatic rings. The van der Waals surface area contributed by atoms with E-state index in [1.165, 1.54) is 0 Å². The maximum atomic E-state index is 12.9. The van der Waals surface area contributed by atoms with Gasteiger partial charge >= 0.3 is 5.97 Å². The van der Waals surface area contributed by atoms with Gasteiger partial charge in [-0.2, -0.15) is 0 Å². The molecule has 3 aromatic rings. The number of nitrogens with zero attached hydrogens (tertiary/aromatic N) is 1. The third kappa shape index (κ3) is 6.07. The Bertz CT molecular complexity index is 1450. The highest BCUT2D eigenvalue weighted by molar-refractivity contribution is 7.88. The zero-order chi connectivity index (χ0) is 27.7. The number of fused-ring (bicyclic) bond motifs is 1. The molecule has 38 heavy (non-hydrogen) atoms. The summed E-state index contributed by atoms with van der Waals surface area (Å²) < 4.78 is 34.6. The van der Waals surface area contributed by atoms with E-state index in [2.05, 4.69) is 21.9 Å². The predicted molar refractivity (Wildman–Crippen MR) is 145 cm³/mol. The topological polar surface area (TPSA) is 139 Å². The van der Waals surface area contributed by atoms with Gasteiger partial charge < -0.3 is 14.8 Å². The number of pyridine rings is 1. The van der Waals surface area contributed by atoms with Gasteiger partial charge in [-0.25, -0.2) is 18.1 Å². The van der Waals surface area contributed by atoms with Gasteiger partial charge in [-0.1, -0.05) is 31.2 Å². The second kappa shape index (κ2) is 10.9. The number of furan rings is 1. The molecule has 0 bridgehead atoms. The number of rotatable bonds is 12. The van der Waals surface area contributed by atoms with Crippen LogP contribution in [0.15, 0.2) is 34.7 Å². The number of carboxylic acid groups (broad SMARTS) is 1. The van der Waals surface area contributed by atoms with E-state index in [0.29, 0.717) is 35.2 Å². The smallest absolute Gasteiger partial charge is 0.309 e. The van der Waals surface area contributed by atoms with Crippen LogP contribution in [0.3, 0.4) is 0 Å². The highest BCUT2D eigenvalue weighted by atomic mass is 32.2. The first-order valence-corrected chi connectivity index (χ1v) is 14.6. The second-order valence-corrected chi connectivity index (χ2v) is 12.3. The van der Waals surface area contributed by atoms with Crippen LogP contribution in [0, 0.1) is 5.41 Å². The molecule has 1 fully saturated rings. The third-order valence-corrected chi connectivity index (χ3v) is 8.39. The van der Waals surface area contributed by atoms with Crippen molar-refractivity contribution in [1.82, 2.24) is 15.0 Å². The molecule has 0 unspecified atom stereocenters. The van der Waals surface area contributed by atoms with Gasteiger partial charge in [0.1, 0.15) is 11.5 Å². The highest BCUT2D eigenvalue weighted by Crippen LogP contribution is 2.44. The van der Waals surface area contributed by atoms with Crippen molar-refractivity contribution in [2.24, 2.45) is 5.41 Å². The fourth-order valence-electron chi connectivity index (χ4n) is 4.48.